The van der Waals surface area contributed by atoms with Gasteiger partial charge in [0.05, 0.1) is 16.4 Å². The maximum absolute atomic E-state index is 12.8. The van der Waals surface area contributed by atoms with Gasteiger partial charge in [0.25, 0.3) is 5.91 Å². The van der Waals surface area contributed by atoms with Crippen LogP contribution >= 0.6 is 11.3 Å². The Morgan fingerprint density at radius 3 is 2.81 bits per heavy atom. The van der Waals surface area contributed by atoms with E-state index >= 15 is 0 Å². The largest absolute Gasteiger partial charge is 0.479 e. The van der Waals surface area contributed by atoms with Gasteiger partial charge < -0.3 is 10.1 Å². The van der Waals surface area contributed by atoms with Crippen molar-refractivity contribution in [2.75, 3.05) is 11.4 Å². The second-order valence-corrected chi connectivity index (χ2v) is 8.45. The van der Waals surface area contributed by atoms with Crippen molar-refractivity contribution in [3.8, 4) is 17.0 Å². The molecule has 1 N–H and O–H groups in total. The van der Waals surface area contributed by atoms with Crippen LogP contribution in [0.25, 0.3) is 11.3 Å². The SMILES string of the molecule is CCCc1nc(-c2ccc3c(c2)N(CC(=O)NCc2ccccc2)C(=O)C(C)O3)cs1. The van der Waals surface area contributed by atoms with Gasteiger partial charge in [0.1, 0.15) is 12.3 Å². The second kappa shape index (κ2) is 9.31. The van der Waals surface area contributed by atoms with Crippen LogP contribution in [0.1, 0.15) is 30.8 Å². The number of carbonyl (C=O) groups excluding carboxylic acids is 2. The third kappa shape index (κ3) is 4.77. The van der Waals surface area contributed by atoms with Crippen molar-refractivity contribution in [3.63, 3.8) is 0 Å². The van der Waals surface area contributed by atoms with E-state index in [0.29, 0.717) is 18.0 Å². The first-order valence-corrected chi connectivity index (χ1v) is 11.3. The molecule has 0 bridgehead atoms. The van der Waals surface area contributed by atoms with E-state index in [1.807, 2.05) is 53.9 Å². The molecule has 4 rings (SSSR count). The van der Waals surface area contributed by atoms with E-state index in [0.717, 1.165) is 34.7 Å². The zero-order chi connectivity index (χ0) is 21.8. The molecule has 31 heavy (non-hydrogen) atoms. The number of thiazole rings is 1. The quantitative estimate of drug-likeness (QED) is 0.604. The van der Waals surface area contributed by atoms with Crippen LogP contribution in [0, 0.1) is 0 Å². The van der Waals surface area contributed by atoms with Crippen molar-refractivity contribution >= 4 is 28.8 Å². The first-order chi connectivity index (χ1) is 15.0. The van der Waals surface area contributed by atoms with E-state index in [2.05, 4.69) is 12.2 Å². The predicted octanol–water partition coefficient (Wildman–Crippen LogP) is 4.19. The Balaban J connectivity index is 1.55. The van der Waals surface area contributed by atoms with Crippen molar-refractivity contribution in [2.24, 2.45) is 0 Å². The number of rotatable bonds is 7. The first-order valence-electron chi connectivity index (χ1n) is 10.4. The van der Waals surface area contributed by atoms with Gasteiger partial charge in [-0.15, -0.1) is 11.3 Å². The maximum Gasteiger partial charge on any atom is 0.268 e. The molecule has 0 radical (unpaired) electrons. The summed E-state index contributed by atoms with van der Waals surface area (Å²) in [7, 11) is 0. The Morgan fingerprint density at radius 1 is 1.23 bits per heavy atom. The van der Waals surface area contributed by atoms with Crippen LogP contribution in [-0.2, 0) is 22.6 Å². The lowest BCUT2D eigenvalue weighted by Gasteiger charge is -2.32. The van der Waals surface area contributed by atoms with E-state index in [1.54, 1.807) is 18.3 Å². The van der Waals surface area contributed by atoms with Gasteiger partial charge in [-0.2, -0.15) is 0 Å². The van der Waals surface area contributed by atoms with Crippen LogP contribution in [0.5, 0.6) is 5.75 Å². The summed E-state index contributed by atoms with van der Waals surface area (Å²) in [5.74, 6) is 0.140. The molecule has 2 aromatic carbocycles. The number of fused-ring (bicyclic) bond motifs is 1. The lowest BCUT2D eigenvalue weighted by atomic mass is 10.1. The topological polar surface area (TPSA) is 71.5 Å². The predicted molar refractivity (Wildman–Crippen MR) is 122 cm³/mol. The molecule has 2 amide bonds. The fourth-order valence-electron chi connectivity index (χ4n) is 3.50. The number of nitrogens with one attached hydrogen (secondary N) is 1. The monoisotopic (exact) mass is 435 g/mol. The number of hydrogen-bond acceptors (Lipinski definition) is 5. The summed E-state index contributed by atoms with van der Waals surface area (Å²) in [6.45, 7) is 4.18. The molecule has 0 fully saturated rings. The van der Waals surface area contributed by atoms with E-state index < -0.39 is 6.10 Å². The smallest absolute Gasteiger partial charge is 0.268 e. The Labute approximate surface area is 185 Å². The lowest BCUT2D eigenvalue weighted by molar-refractivity contribution is -0.128. The van der Waals surface area contributed by atoms with Gasteiger partial charge in [-0.1, -0.05) is 37.3 Å². The minimum atomic E-state index is -0.643. The van der Waals surface area contributed by atoms with Crippen LogP contribution in [0.3, 0.4) is 0 Å². The van der Waals surface area contributed by atoms with Crippen LogP contribution in [0.15, 0.2) is 53.9 Å². The third-order valence-corrected chi connectivity index (χ3v) is 6.02. The van der Waals surface area contributed by atoms with Gasteiger partial charge >= 0.3 is 0 Å². The highest BCUT2D eigenvalue weighted by Crippen LogP contribution is 2.37. The summed E-state index contributed by atoms with van der Waals surface area (Å²) < 4.78 is 5.78. The van der Waals surface area contributed by atoms with Crippen LogP contribution < -0.4 is 15.0 Å². The van der Waals surface area contributed by atoms with Crippen LogP contribution in [0.4, 0.5) is 5.69 Å². The molecular formula is C24H25N3O3S. The van der Waals surface area contributed by atoms with Crippen molar-refractivity contribution < 1.29 is 14.3 Å². The van der Waals surface area contributed by atoms with E-state index in [1.165, 1.54) is 4.90 Å². The standard InChI is InChI=1S/C24H25N3O3S/c1-3-7-23-26-19(15-31-23)18-10-11-21-20(12-18)27(24(29)16(2)30-21)14-22(28)25-13-17-8-5-4-6-9-17/h4-6,8-12,15-16H,3,7,13-14H2,1-2H3,(H,25,28). The number of benzene rings is 2. The Morgan fingerprint density at radius 2 is 2.03 bits per heavy atom. The first kappa shape index (κ1) is 21.1. The number of ether oxygens (including phenoxy) is 1. The third-order valence-electron chi connectivity index (χ3n) is 5.11. The van der Waals surface area contributed by atoms with Crippen molar-refractivity contribution in [2.45, 2.75) is 39.3 Å². The summed E-state index contributed by atoms with van der Waals surface area (Å²) >= 11 is 1.64. The van der Waals surface area contributed by atoms with Gasteiger partial charge in [0, 0.05) is 17.5 Å². The molecule has 0 saturated carbocycles. The number of carbonyl (C=O) groups is 2. The number of aromatic nitrogens is 1. The second-order valence-electron chi connectivity index (χ2n) is 7.51. The summed E-state index contributed by atoms with van der Waals surface area (Å²) in [5, 5.41) is 6.01. The highest BCUT2D eigenvalue weighted by atomic mass is 32.1. The number of hydrogen-bond donors (Lipinski definition) is 1. The average Bonchev–Trinajstić information content (AvgIpc) is 3.25. The average molecular weight is 436 g/mol. The van der Waals surface area contributed by atoms with Gasteiger partial charge in [-0.05, 0) is 43.5 Å². The molecule has 6 nitrogen and oxygen atoms in total. The Kier molecular flexibility index (Phi) is 6.32. The fraction of sp³-hybridized carbons (Fsp3) is 0.292. The zero-order valence-corrected chi connectivity index (χ0v) is 18.4. The minimum Gasteiger partial charge on any atom is -0.479 e. The number of amides is 2. The van der Waals surface area contributed by atoms with Crippen molar-refractivity contribution in [1.82, 2.24) is 10.3 Å². The summed E-state index contributed by atoms with van der Waals surface area (Å²) in [4.78, 5) is 31.7. The highest BCUT2D eigenvalue weighted by Gasteiger charge is 2.33. The molecule has 3 aromatic rings. The van der Waals surface area contributed by atoms with Gasteiger partial charge in [-0.3, -0.25) is 14.5 Å². The highest BCUT2D eigenvalue weighted by molar-refractivity contribution is 7.09. The fourth-order valence-corrected chi connectivity index (χ4v) is 4.41. The zero-order valence-electron chi connectivity index (χ0n) is 17.6. The molecule has 1 aromatic heterocycles. The summed E-state index contributed by atoms with van der Waals surface area (Å²) in [6.07, 6.45) is 1.35. The van der Waals surface area contributed by atoms with Gasteiger partial charge in [0.2, 0.25) is 5.91 Å². The maximum atomic E-state index is 12.8. The molecule has 1 aliphatic heterocycles. The van der Waals surface area contributed by atoms with E-state index in [9.17, 15) is 9.59 Å². The van der Waals surface area contributed by atoms with Crippen LogP contribution in [0.2, 0.25) is 0 Å². The molecule has 2 heterocycles. The van der Waals surface area contributed by atoms with E-state index in [4.69, 9.17) is 9.72 Å². The lowest BCUT2D eigenvalue weighted by Crippen LogP contribution is -2.48. The van der Waals surface area contributed by atoms with E-state index in [-0.39, 0.29) is 18.4 Å². The molecule has 0 aliphatic carbocycles. The van der Waals surface area contributed by atoms with Crippen molar-refractivity contribution in [1.29, 1.82) is 0 Å². The van der Waals surface area contributed by atoms with Crippen molar-refractivity contribution in [3.05, 3.63) is 64.5 Å². The Hall–Kier alpha value is -3.19. The number of aryl methyl sites for hydroxylation is 1. The van der Waals surface area contributed by atoms with Crippen LogP contribution in [-0.4, -0.2) is 29.4 Å². The van der Waals surface area contributed by atoms with Gasteiger partial charge in [-0.25, -0.2) is 4.98 Å². The normalized spacial score (nSPS) is 15.4. The molecule has 0 spiro atoms. The summed E-state index contributed by atoms with van der Waals surface area (Å²) in [5.41, 5.74) is 3.38. The molecule has 7 heteroatoms. The minimum absolute atomic E-state index is 0.0615. The number of nitrogens with zero attached hydrogens (tertiary/aromatic N) is 2. The molecular weight excluding hydrogens is 410 g/mol. The molecule has 1 unspecified atom stereocenters. The molecule has 1 aliphatic rings. The Bertz CT molecular complexity index is 1080. The number of anilines is 1. The van der Waals surface area contributed by atoms with Gasteiger partial charge in [0.15, 0.2) is 6.10 Å². The molecule has 160 valence electrons. The molecule has 1 atom stereocenters. The summed E-state index contributed by atoms with van der Waals surface area (Å²) in [6, 6.07) is 15.4. The molecule has 0 saturated heterocycles.